The number of carbonyl (C=O) groups is 1. The van der Waals surface area contributed by atoms with Crippen LogP contribution in [0.25, 0.3) is 10.8 Å². The second-order valence-corrected chi connectivity index (χ2v) is 5.54. The molecular weight excluding hydrogens is 319 g/mol. The van der Waals surface area contributed by atoms with Crippen molar-refractivity contribution in [2.24, 2.45) is 5.10 Å². The lowest BCUT2D eigenvalue weighted by Crippen LogP contribution is -2.25. The van der Waals surface area contributed by atoms with Gasteiger partial charge in [-0.05, 0) is 41.5 Å². The number of fused-ring (bicyclic) bond motifs is 1. The first-order valence-electron chi connectivity index (χ1n) is 7.82. The molecular formula is C20H17FN2O2. The van der Waals surface area contributed by atoms with Crippen LogP contribution in [0.5, 0.6) is 5.75 Å². The van der Waals surface area contributed by atoms with Crippen molar-refractivity contribution >= 4 is 22.4 Å². The fourth-order valence-corrected chi connectivity index (χ4v) is 2.36. The highest BCUT2D eigenvalue weighted by molar-refractivity contribution is 6.02. The van der Waals surface area contributed by atoms with Gasteiger partial charge in [0.1, 0.15) is 11.6 Å². The highest BCUT2D eigenvalue weighted by Crippen LogP contribution is 2.16. The quantitative estimate of drug-likeness (QED) is 0.567. The molecule has 1 N–H and O–H groups in total. The second-order valence-electron chi connectivity index (χ2n) is 5.54. The zero-order chi connectivity index (χ0) is 17.6. The summed E-state index contributed by atoms with van der Waals surface area (Å²) in [7, 11) is 0. The molecule has 25 heavy (non-hydrogen) atoms. The number of amides is 1. The number of halogens is 1. The molecule has 0 fully saturated rings. The topological polar surface area (TPSA) is 50.7 Å². The second kappa shape index (κ2) is 7.57. The van der Waals surface area contributed by atoms with E-state index in [1.165, 1.54) is 18.2 Å². The minimum atomic E-state index is -0.414. The molecule has 0 saturated heterocycles. The summed E-state index contributed by atoms with van der Waals surface area (Å²) in [6.07, 6.45) is 0. The maximum absolute atomic E-state index is 13.0. The summed E-state index contributed by atoms with van der Waals surface area (Å²) >= 11 is 0. The van der Waals surface area contributed by atoms with E-state index in [0.717, 1.165) is 16.3 Å². The number of nitrogens with zero attached hydrogens (tertiary/aromatic N) is 1. The summed E-state index contributed by atoms with van der Waals surface area (Å²) < 4.78 is 18.3. The van der Waals surface area contributed by atoms with E-state index in [1.54, 1.807) is 6.07 Å². The number of hydrogen-bond donors (Lipinski definition) is 1. The number of benzene rings is 3. The van der Waals surface area contributed by atoms with Gasteiger partial charge in [-0.2, -0.15) is 5.10 Å². The van der Waals surface area contributed by atoms with Gasteiger partial charge in [-0.1, -0.05) is 42.5 Å². The normalized spacial score (nSPS) is 11.4. The molecule has 0 aliphatic carbocycles. The smallest absolute Gasteiger partial charge is 0.277 e. The summed E-state index contributed by atoms with van der Waals surface area (Å²) in [6, 6.07) is 19.6. The molecule has 0 atom stereocenters. The van der Waals surface area contributed by atoms with Crippen molar-refractivity contribution in [3.8, 4) is 5.75 Å². The zero-order valence-electron chi connectivity index (χ0n) is 13.7. The van der Waals surface area contributed by atoms with Gasteiger partial charge in [0, 0.05) is 6.07 Å². The lowest BCUT2D eigenvalue weighted by atomic mass is 10.0. The molecule has 0 unspecified atom stereocenters. The van der Waals surface area contributed by atoms with Crippen molar-refractivity contribution in [1.82, 2.24) is 5.43 Å². The van der Waals surface area contributed by atoms with Crippen LogP contribution in [0, 0.1) is 5.82 Å². The average molecular weight is 336 g/mol. The maximum Gasteiger partial charge on any atom is 0.277 e. The van der Waals surface area contributed by atoms with Gasteiger partial charge in [0.15, 0.2) is 6.61 Å². The third-order valence-electron chi connectivity index (χ3n) is 3.68. The number of hydrazone groups is 1. The summed E-state index contributed by atoms with van der Waals surface area (Å²) in [5.74, 6) is -0.530. The molecule has 0 spiro atoms. The number of ether oxygens (including phenoxy) is 1. The minimum absolute atomic E-state index is 0.238. The van der Waals surface area contributed by atoms with Gasteiger partial charge < -0.3 is 4.74 Å². The third kappa shape index (κ3) is 4.41. The van der Waals surface area contributed by atoms with Crippen LogP contribution in [0.2, 0.25) is 0 Å². The molecule has 4 nitrogen and oxygen atoms in total. The molecule has 0 aromatic heterocycles. The molecule has 3 aromatic rings. The first-order chi connectivity index (χ1) is 12.1. The van der Waals surface area contributed by atoms with E-state index in [0.29, 0.717) is 11.5 Å². The van der Waals surface area contributed by atoms with Crippen molar-refractivity contribution in [1.29, 1.82) is 0 Å². The van der Waals surface area contributed by atoms with Gasteiger partial charge in [-0.15, -0.1) is 0 Å². The van der Waals surface area contributed by atoms with Crippen LogP contribution in [0.3, 0.4) is 0 Å². The van der Waals surface area contributed by atoms with Crippen molar-refractivity contribution < 1.29 is 13.9 Å². The van der Waals surface area contributed by atoms with E-state index in [-0.39, 0.29) is 6.61 Å². The summed E-state index contributed by atoms with van der Waals surface area (Å²) in [4.78, 5) is 11.8. The Kier molecular flexibility index (Phi) is 5.04. The highest BCUT2D eigenvalue weighted by atomic mass is 19.1. The van der Waals surface area contributed by atoms with Crippen LogP contribution in [0.15, 0.2) is 71.8 Å². The summed E-state index contributed by atoms with van der Waals surface area (Å²) in [5, 5.41) is 6.35. The van der Waals surface area contributed by atoms with Crippen LogP contribution >= 0.6 is 0 Å². The molecule has 0 aliphatic rings. The van der Waals surface area contributed by atoms with Crippen LogP contribution in [0.1, 0.15) is 12.5 Å². The molecule has 126 valence electrons. The minimum Gasteiger partial charge on any atom is -0.484 e. The predicted molar refractivity (Wildman–Crippen MR) is 96.2 cm³/mol. The van der Waals surface area contributed by atoms with Crippen LogP contribution in [-0.4, -0.2) is 18.2 Å². The fourth-order valence-electron chi connectivity index (χ4n) is 2.36. The van der Waals surface area contributed by atoms with Crippen molar-refractivity contribution in [2.45, 2.75) is 6.92 Å². The van der Waals surface area contributed by atoms with Crippen molar-refractivity contribution in [3.05, 3.63) is 78.1 Å². The average Bonchev–Trinajstić information content (AvgIpc) is 2.64. The van der Waals surface area contributed by atoms with E-state index >= 15 is 0 Å². The van der Waals surface area contributed by atoms with Crippen molar-refractivity contribution in [3.63, 3.8) is 0 Å². The monoisotopic (exact) mass is 336 g/mol. The molecule has 0 radical (unpaired) electrons. The summed E-state index contributed by atoms with van der Waals surface area (Å²) in [6.45, 7) is 1.58. The molecule has 0 heterocycles. The largest absolute Gasteiger partial charge is 0.484 e. The van der Waals surface area contributed by atoms with E-state index in [4.69, 9.17) is 4.74 Å². The predicted octanol–water partition coefficient (Wildman–Crippen LogP) is 3.90. The molecule has 3 rings (SSSR count). The van der Waals surface area contributed by atoms with Gasteiger partial charge in [0.05, 0.1) is 5.71 Å². The number of hydrogen-bond acceptors (Lipinski definition) is 3. The van der Waals surface area contributed by atoms with E-state index in [2.05, 4.69) is 10.5 Å². The lowest BCUT2D eigenvalue weighted by Gasteiger charge is -2.06. The Hall–Kier alpha value is -3.21. The zero-order valence-corrected chi connectivity index (χ0v) is 13.7. The van der Waals surface area contributed by atoms with Gasteiger partial charge in [0.25, 0.3) is 5.91 Å². The van der Waals surface area contributed by atoms with Gasteiger partial charge in [-0.3, -0.25) is 4.79 Å². The number of rotatable bonds is 5. The number of carbonyl (C=O) groups excluding carboxylic acids is 1. The van der Waals surface area contributed by atoms with Crippen molar-refractivity contribution in [2.75, 3.05) is 6.61 Å². The molecule has 3 aromatic carbocycles. The number of nitrogens with one attached hydrogen (secondary N) is 1. The first-order valence-corrected chi connectivity index (χ1v) is 7.82. The van der Waals surface area contributed by atoms with Gasteiger partial charge in [-0.25, -0.2) is 9.82 Å². The van der Waals surface area contributed by atoms with Crippen LogP contribution in [-0.2, 0) is 4.79 Å². The first kappa shape index (κ1) is 16.6. The third-order valence-corrected chi connectivity index (χ3v) is 3.68. The summed E-state index contributed by atoms with van der Waals surface area (Å²) in [5.41, 5.74) is 4.05. The Bertz CT molecular complexity index is 938. The highest BCUT2D eigenvalue weighted by Gasteiger charge is 2.04. The van der Waals surface area contributed by atoms with E-state index < -0.39 is 11.7 Å². The Morgan fingerprint density at radius 3 is 2.64 bits per heavy atom. The van der Waals surface area contributed by atoms with Crippen LogP contribution < -0.4 is 10.2 Å². The lowest BCUT2D eigenvalue weighted by molar-refractivity contribution is -0.123. The van der Waals surface area contributed by atoms with E-state index in [9.17, 15) is 9.18 Å². The Morgan fingerprint density at radius 1 is 1.04 bits per heavy atom. The van der Waals surface area contributed by atoms with E-state index in [1.807, 2.05) is 49.4 Å². The van der Waals surface area contributed by atoms with Crippen LogP contribution in [0.4, 0.5) is 4.39 Å². The Labute approximate surface area is 144 Å². The Balaban J connectivity index is 1.60. The molecule has 0 bridgehead atoms. The molecule has 0 aliphatic heterocycles. The SMILES string of the molecule is C/C(=N/NC(=O)COc1cccc(F)c1)c1ccc2ccccc2c1. The molecule has 1 amide bonds. The fraction of sp³-hybridized carbons (Fsp3) is 0.100. The standard InChI is InChI=1S/C20H17FN2O2/c1-14(16-10-9-15-5-2-3-6-17(15)11-16)22-23-20(24)13-25-19-8-4-7-18(21)12-19/h2-12H,13H2,1H3,(H,23,24)/b22-14-. The van der Waals surface area contributed by atoms with Gasteiger partial charge in [0.2, 0.25) is 0 Å². The van der Waals surface area contributed by atoms with Gasteiger partial charge >= 0.3 is 0 Å². The maximum atomic E-state index is 13.0. The molecule has 0 saturated carbocycles. The molecule has 5 heteroatoms. The Morgan fingerprint density at radius 2 is 1.84 bits per heavy atom.